The Balaban J connectivity index is 1.80. The molecule has 3 heterocycles. The minimum Gasteiger partial charge on any atom is -0.466 e. The van der Waals surface area contributed by atoms with Crippen LogP contribution in [0.2, 0.25) is 0 Å². The first-order valence-corrected chi connectivity index (χ1v) is 9.12. The maximum Gasteiger partial charge on any atom is 0.337 e. The topological polar surface area (TPSA) is 74.6 Å². The van der Waals surface area contributed by atoms with Crippen molar-refractivity contribution in [1.29, 1.82) is 0 Å². The molecular formula is C21H23N2O4+. The van der Waals surface area contributed by atoms with Gasteiger partial charge >= 0.3 is 5.97 Å². The Hall–Kier alpha value is -2.86. The number of ether oxygens (including phenoxy) is 1. The number of methoxy groups -OCH3 is 1. The van der Waals surface area contributed by atoms with Crippen LogP contribution in [0.15, 0.2) is 47.7 Å². The van der Waals surface area contributed by atoms with Crippen LogP contribution in [-0.2, 0) is 20.8 Å². The molecule has 0 amide bonds. The number of nitrogens with zero attached hydrogens (tertiary/aromatic N) is 1. The molecule has 1 aromatic heterocycles. The fraction of sp³-hybridized carbons (Fsp3) is 0.333. The highest BCUT2D eigenvalue weighted by atomic mass is 17.1. The van der Waals surface area contributed by atoms with E-state index in [0.29, 0.717) is 12.0 Å². The van der Waals surface area contributed by atoms with Crippen LogP contribution in [0.4, 0.5) is 0 Å². The van der Waals surface area contributed by atoms with Gasteiger partial charge < -0.3 is 14.6 Å². The van der Waals surface area contributed by atoms with Gasteiger partial charge in [-0.25, -0.2) is 14.6 Å². The summed E-state index contributed by atoms with van der Waals surface area (Å²) in [6.07, 6.45) is 6.86. The second kappa shape index (κ2) is 7.04. The van der Waals surface area contributed by atoms with Crippen LogP contribution in [0.5, 0.6) is 0 Å². The third-order valence-corrected chi connectivity index (χ3v) is 5.69. The molecule has 0 unspecified atom stereocenters. The quantitative estimate of drug-likeness (QED) is 0.218. The number of aromatic nitrogens is 1. The fourth-order valence-corrected chi connectivity index (χ4v) is 4.42. The third kappa shape index (κ3) is 2.86. The van der Waals surface area contributed by atoms with Crippen molar-refractivity contribution in [3.63, 3.8) is 0 Å². The summed E-state index contributed by atoms with van der Waals surface area (Å²) in [5.41, 5.74) is 5.02. The zero-order chi connectivity index (χ0) is 19.0. The first-order chi connectivity index (χ1) is 13.2. The van der Waals surface area contributed by atoms with E-state index in [0.717, 1.165) is 30.3 Å². The van der Waals surface area contributed by atoms with Crippen LogP contribution >= 0.6 is 0 Å². The van der Waals surface area contributed by atoms with E-state index in [1.54, 1.807) is 0 Å². The number of esters is 1. The van der Waals surface area contributed by atoms with Crippen LogP contribution in [0.3, 0.4) is 0 Å². The molecule has 0 saturated heterocycles. The largest absolute Gasteiger partial charge is 0.466 e. The van der Waals surface area contributed by atoms with Crippen LogP contribution < -0.4 is 0 Å². The number of hydrogen-bond donors (Lipinski definition) is 2. The first kappa shape index (κ1) is 17.5. The Morgan fingerprint density at radius 1 is 1.37 bits per heavy atom. The number of rotatable bonds is 3. The van der Waals surface area contributed by atoms with E-state index in [1.165, 1.54) is 23.8 Å². The van der Waals surface area contributed by atoms with Gasteiger partial charge in [-0.3, -0.25) is 0 Å². The highest BCUT2D eigenvalue weighted by molar-refractivity contribution is 5.92. The van der Waals surface area contributed by atoms with E-state index in [2.05, 4.69) is 38.9 Å². The van der Waals surface area contributed by atoms with Gasteiger partial charge in [0.15, 0.2) is 12.3 Å². The predicted molar refractivity (Wildman–Crippen MR) is 102 cm³/mol. The number of nitrogens with one attached hydrogen (secondary N) is 1. The van der Waals surface area contributed by atoms with Crippen LogP contribution in [-0.4, -0.2) is 40.7 Å². The zero-order valence-electron chi connectivity index (χ0n) is 15.4. The SMILES string of the molecule is C/C=C1\C=[N+]2CCc3c([nH]c4ccccc34)[C@H]2C[C@@H]1/C(=C/OO)C(=O)OC. The summed E-state index contributed by atoms with van der Waals surface area (Å²) >= 11 is 0. The molecule has 2 atom stereocenters. The molecule has 6 heteroatoms. The third-order valence-electron chi connectivity index (χ3n) is 5.69. The number of allylic oxidation sites excluding steroid dienone is 2. The smallest absolute Gasteiger partial charge is 0.337 e. The van der Waals surface area contributed by atoms with Gasteiger partial charge in [0.05, 0.1) is 18.4 Å². The Bertz CT molecular complexity index is 983. The number of para-hydroxylation sites is 1. The summed E-state index contributed by atoms with van der Waals surface area (Å²) in [5, 5.41) is 10.2. The molecular weight excluding hydrogens is 344 g/mol. The van der Waals surface area contributed by atoms with Crippen LogP contribution in [0, 0.1) is 5.92 Å². The van der Waals surface area contributed by atoms with Gasteiger partial charge in [0, 0.05) is 35.2 Å². The number of hydrogen-bond acceptors (Lipinski definition) is 4. The van der Waals surface area contributed by atoms with Crippen molar-refractivity contribution in [1.82, 2.24) is 4.98 Å². The monoisotopic (exact) mass is 367 g/mol. The van der Waals surface area contributed by atoms with Gasteiger partial charge in [0.1, 0.15) is 12.8 Å². The zero-order valence-corrected chi connectivity index (χ0v) is 15.4. The van der Waals surface area contributed by atoms with Gasteiger partial charge in [-0.05, 0) is 18.6 Å². The van der Waals surface area contributed by atoms with Crippen molar-refractivity contribution in [3.05, 3.63) is 59.0 Å². The van der Waals surface area contributed by atoms with E-state index in [4.69, 9.17) is 9.99 Å². The Morgan fingerprint density at radius 3 is 2.93 bits per heavy atom. The average molecular weight is 367 g/mol. The lowest BCUT2D eigenvalue weighted by Crippen LogP contribution is -2.36. The summed E-state index contributed by atoms with van der Waals surface area (Å²) in [7, 11) is 1.33. The van der Waals surface area contributed by atoms with Crippen molar-refractivity contribution in [2.75, 3.05) is 13.7 Å². The van der Waals surface area contributed by atoms with Crippen molar-refractivity contribution in [2.45, 2.75) is 25.8 Å². The van der Waals surface area contributed by atoms with Crippen molar-refractivity contribution >= 4 is 23.1 Å². The number of carbonyl (C=O) groups excluding carboxylic acids is 1. The fourth-order valence-electron chi connectivity index (χ4n) is 4.42. The van der Waals surface area contributed by atoms with Gasteiger partial charge in [0.2, 0.25) is 0 Å². The summed E-state index contributed by atoms with van der Waals surface area (Å²) in [5.74, 6) is -0.712. The second-order valence-electron chi connectivity index (χ2n) is 6.94. The molecule has 2 aliphatic heterocycles. The number of H-pyrrole nitrogens is 1. The summed E-state index contributed by atoms with van der Waals surface area (Å²) in [4.78, 5) is 20.1. The lowest BCUT2D eigenvalue weighted by atomic mass is 9.80. The maximum atomic E-state index is 12.3. The normalized spacial score (nSPS) is 23.6. The molecule has 0 spiro atoms. The molecule has 0 fully saturated rings. The standard InChI is InChI=1S/C21H22N2O4/c1-3-13-11-23-9-8-15-14-6-4-5-7-18(14)22-20(15)19(23)10-16(13)17(12-27-25)21(24)26-2/h3-7,11-12,16,19,22H,8-10H2,1-2H3/p+1/b13-3+,17-12-/t16-,19+/m0/s1. The molecule has 140 valence electrons. The molecule has 2 aromatic rings. The maximum absolute atomic E-state index is 12.3. The van der Waals surface area contributed by atoms with Crippen molar-refractivity contribution < 1.29 is 24.3 Å². The molecule has 0 radical (unpaired) electrons. The Labute approximate surface area is 157 Å². The number of carbonyl (C=O) groups is 1. The van der Waals surface area contributed by atoms with Gasteiger partial charge in [-0.1, -0.05) is 24.3 Å². The van der Waals surface area contributed by atoms with Crippen molar-refractivity contribution in [2.24, 2.45) is 5.92 Å². The van der Waals surface area contributed by atoms with E-state index in [9.17, 15) is 4.79 Å². The van der Waals surface area contributed by atoms with Gasteiger partial charge in [0.25, 0.3) is 0 Å². The number of aromatic amines is 1. The lowest BCUT2D eigenvalue weighted by molar-refractivity contribution is -0.577. The molecule has 1 aromatic carbocycles. The van der Waals surface area contributed by atoms with Gasteiger partial charge in [-0.15, -0.1) is 0 Å². The molecule has 6 nitrogen and oxygen atoms in total. The lowest BCUT2D eigenvalue weighted by Gasteiger charge is -2.30. The van der Waals surface area contributed by atoms with E-state index < -0.39 is 5.97 Å². The number of benzene rings is 1. The van der Waals surface area contributed by atoms with Crippen molar-refractivity contribution in [3.8, 4) is 0 Å². The molecule has 27 heavy (non-hydrogen) atoms. The Morgan fingerprint density at radius 2 is 2.19 bits per heavy atom. The molecule has 0 saturated carbocycles. The van der Waals surface area contributed by atoms with Crippen LogP contribution in [0.25, 0.3) is 10.9 Å². The minimum absolute atomic E-state index is 0.126. The molecule has 2 aliphatic rings. The van der Waals surface area contributed by atoms with E-state index >= 15 is 0 Å². The molecule has 0 bridgehead atoms. The van der Waals surface area contributed by atoms with Crippen LogP contribution in [0.1, 0.15) is 30.6 Å². The molecule has 2 N–H and O–H groups in total. The van der Waals surface area contributed by atoms with E-state index in [1.807, 2.05) is 19.1 Å². The molecule has 0 aliphatic carbocycles. The second-order valence-corrected chi connectivity index (χ2v) is 6.94. The highest BCUT2D eigenvalue weighted by Gasteiger charge is 2.42. The molecule has 4 rings (SSSR count). The van der Waals surface area contributed by atoms with Gasteiger partial charge in [-0.2, -0.15) is 0 Å². The first-order valence-electron chi connectivity index (χ1n) is 9.12. The summed E-state index contributed by atoms with van der Waals surface area (Å²) in [6.45, 7) is 2.88. The summed E-state index contributed by atoms with van der Waals surface area (Å²) < 4.78 is 7.24. The highest BCUT2D eigenvalue weighted by Crippen LogP contribution is 2.41. The van der Waals surface area contributed by atoms with E-state index in [-0.39, 0.29) is 12.0 Å². The predicted octanol–water partition coefficient (Wildman–Crippen LogP) is 3.36. The number of fused-ring (bicyclic) bond motifs is 5. The Kier molecular flexibility index (Phi) is 4.58. The minimum atomic E-state index is -0.497. The average Bonchev–Trinajstić information content (AvgIpc) is 3.09. The summed E-state index contributed by atoms with van der Waals surface area (Å²) in [6, 6.07) is 8.47.